The molecule has 4 heteroatoms. The van der Waals surface area contributed by atoms with Gasteiger partial charge in [-0.25, -0.2) is 0 Å². The van der Waals surface area contributed by atoms with E-state index in [1.807, 2.05) is 0 Å². The summed E-state index contributed by atoms with van der Waals surface area (Å²) >= 11 is 1.80. The van der Waals surface area contributed by atoms with Gasteiger partial charge >= 0.3 is 0 Å². The molecule has 196 valence electrons. The van der Waals surface area contributed by atoms with Gasteiger partial charge in [-0.3, -0.25) is 0 Å². The first-order chi connectivity index (χ1) is 17.1. The zero-order valence-corrected chi connectivity index (χ0v) is 23.1. The average molecular weight is 509 g/mol. The van der Waals surface area contributed by atoms with Crippen LogP contribution in [0.5, 0.6) is 0 Å². The van der Waals surface area contributed by atoms with Crippen LogP contribution in [0, 0.1) is 30.1 Å². The summed E-state index contributed by atoms with van der Waals surface area (Å²) in [7, 11) is 0. The Morgan fingerprint density at radius 2 is 1.92 bits per heavy atom. The third-order valence-electron chi connectivity index (χ3n) is 10.1. The minimum atomic E-state index is -0.632. The zero-order valence-electron chi connectivity index (χ0n) is 22.2. The van der Waals surface area contributed by atoms with Crippen molar-refractivity contribution < 1.29 is 15.3 Å². The van der Waals surface area contributed by atoms with Gasteiger partial charge in [-0.05, 0) is 110 Å². The number of hydrogen-bond acceptors (Lipinski definition) is 4. The average Bonchev–Trinajstić information content (AvgIpc) is 3.41. The maximum atomic E-state index is 11.1. The molecule has 0 aliphatic heterocycles. The SMILES string of the molecule is C=C1/C(=C\C=C2/CCC[C@]3(C)[C@@H]([C@H](C)/C=C/[C@H](O)C4(c5cc(C)cs5)CC4)CC[C@@H]23)C[C@@H](O)C[C@@H]1O. The van der Waals surface area contributed by atoms with Crippen LogP contribution in [0.1, 0.15) is 82.1 Å². The van der Waals surface area contributed by atoms with Crippen LogP contribution in [-0.4, -0.2) is 33.6 Å². The first kappa shape index (κ1) is 26.2. The molecule has 7 atom stereocenters. The lowest BCUT2D eigenvalue weighted by Gasteiger charge is -2.44. The van der Waals surface area contributed by atoms with Crippen molar-refractivity contribution in [2.45, 2.75) is 102 Å². The van der Waals surface area contributed by atoms with Crippen molar-refractivity contribution in [1.29, 1.82) is 0 Å². The van der Waals surface area contributed by atoms with Crippen LogP contribution >= 0.6 is 11.3 Å². The van der Waals surface area contributed by atoms with E-state index in [4.69, 9.17) is 0 Å². The van der Waals surface area contributed by atoms with Crippen molar-refractivity contribution >= 4 is 11.3 Å². The number of fused-ring (bicyclic) bond motifs is 1. The van der Waals surface area contributed by atoms with Crippen LogP contribution in [0.2, 0.25) is 0 Å². The van der Waals surface area contributed by atoms with E-state index in [9.17, 15) is 15.3 Å². The maximum absolute atomic E-state index is 11.1. The molecule has 3 nitrogen and oxygen atoms in total. The second-order valence-corrected chi connectivity index (χ2v) is 13.4. The van der Waals surface area contributed by atoms with Gasteiger partial charge in [-0.1, -0.05) is 50.3 Å². The highest BCUT2D eigenvalue weighted by Gasteiger charge is 2.52. The fourth-order valence-electron chi connectivity index (χ4n) is 7.72. The van der Waals surface area contributed by atoms with Gasteiger partial charge in [-0.15, -0.1) is 11.3 Å². The van der Waals surface area contributed by atoms with E-state index in [1.165, 1.54) is 41.7 Å². The van der Waals surface area contributed by atoms with Gasteiger partial charge in [0, 0.05) is 16.7 Å². The van der Waals surface area contributed by atoms with Gasteiger partial charge in [0.2, 0.25) is 0 Å². The molecule has 0 aromatic carbocycles. The Bertz CT molecular complexity index is 1070. The Kier molecular flexibility index (Phi) is 7.28. The van der Waals surface area contributed by atoms with Crippen molar-refractivity contribution in [2.24, 2.45) is 23.2 Å². The van der Waals surface area contributed by atoms with Crippen molar-refractivity contribution in [3.63, 3.8) is 0 Å². The number of thiophene rings is 1. The van der Waals surface area contributed by atoms with Gasteiger partial charge < -0.3 is 15.3 Å². The highest BCUT2D eigenvalue weighted by molar-refractivity contribution is 7.10. The minimum Gasteiger partial charge on any atom is -0.393 e. The Morgan fingerprint density at radius 3 is 2.61 bits per heavy atom. The fourth-order valence-corrected chi connectivity index (χ4v) is 8.92. The van der Waals surface area contributed by atoms with E-state index < -0.39 is 18.3 Å². The number of allylic oxidation sites excluding steroid dienone is 4. The molecule has 1 heterocycles. The van der Waals surface area contributed by atoms with E-state index in [0.717, 1.165) is 30.4 Å². The fraction of sp³-hybridized carbons (Fsp3) is 0.625. The van der Waals surface area contributed by atoms with E-state index in [2.05, 4.69) is 63.1 Å². The van der Waals surface area contributed by atoms with Crippen LogP contribution in [0.3, 0.4) is 0 Å². The molecule has 1 aromatic heterocycles. The molecule has 0 bridgehead atoms. The van der Waals surface area contributed by atoms with Gasteiger partial charge in [0.15, 0.2) is 0 Å². The zero-order chi connectivity index (χ0) is 25.7. The molecule has 5 rings (SSSR count). The largest absolute Gasteiger partial charge is 0.393 e. The van der Waals surface area contributed by atoms with Crippen molar-refractivity contribution in [3.8, 4) is 0 Å². The van der Waals surface area contributed by atoms with Crippen LogP contribution in [0.25, 0.3) is 0 Å². The summed E-state index contributed by atoms with van der Waals surface area (Å²) < 4.78 is 0. The summed E-state index contributed by atoms with van der Waals surface area (Å²) in [5, 5.41) is 33.7. The lowest BCUT2D eigenvalue weighted by molar-refractivity contribution is 0.0862. The molecule has 0 amide bonds. The predicted molar refractivity (Wildman–Crippen MR) is 149 cm³/mol. The molecule has 4 aliphatic rings. The summed E-state index contributed by atoms with van der Waals surface area (Å²) in [5.41, 5.74) is 4.83. The molecule has 4 aliphatic carbocycles. The predicted octanol–water partition coefficient (Wildman–Crippen LogP) is 6.78. The topological polar surface area (TPSA) is 60.7 Å². The molecule has 3 N–H and O–H groups in total. The molecular formula is C32H44O3S. The highest BCUT2D eigenvalue weighted by atomic mass is 32.1. The lowest BCUT2D eigenvalue weighted by atomic mass is 9.61. The summed E-state index contributed by atoms with van der Waals surface area (Å²) in [6.45, 7) is 11.1. The number of rotatable bonds is 6. The van der Waals surface area contributed by atoms with Gasteiger partial charge in [0.05, 0.1) is 18.3 Å². The standard InChI is InChI=1S/C32H44O3S/c1-20-16-30(36-19-20)32(14-15-32)29(35)12-7-21(2)26-10-11-27-23(6-5-13-31(26,27)4)8-9-24-17-25(33)18-28(34)22(24)3/h7-9,12,16,19,21,25-29,33-35H,3,5-6,10-11,13-15,17-18H2,1-2,4H3/b12-7+,23-8+,24-9-/t21-,25-,26-,27+,28+,29+,31-/m1/s1. The molecular weight excluding hydrogens is 464 g/mol. The first-order valence-electron chi connectivity index (χ1n) is 14.0. The third-order valence-corrected chi connectivity index (χ3v) is 11.4. The van der Waals surface area contributed by atoms with Crippen LogP contribution in [0.15, 0.2) is 59.0 Å². The first-order valence-corrected chi connectivity index (χ1v) is 14.9. The molecule has 0 unspecified atom stereocenters. The lowest BCUT2D eigenvalue weighted by Crippen LogP contribution is -2.35. The summed E-state index contributed by atoms with van der Waals surface area (Å²) in [6, 6.07) is 2.26. The van der Waals surface area contributed by atoms with Crippen LogP contribution in [0.4, 0.5) is 0 Å². The van der Waals surface area contributed by atoms with Crippen molar-refractivity contribution in [2.75, 3.05) is 0 Å². The monoisotopic (exact) mass is 508 g/mol. The Balaban J connectivity index is 1.29. The normalized spacial score (nSPS) is 38.0. The third kappa shape index (κ3) is 4.75. The number of hydrogen-bond donors (Lipinski definition) is 3. The Labute approximate surface area is 221 Å². The second kappa shape index (κ2) is 10.0. The summed E-state index contributed by atoms with van der Waals surface area (Å²) in [6.07, 6.45) is 16.6. The molecule has 1 aromatic rings. The second-order valence-electron chi connectivity index (χ2n) is 12.5. The molecule has 4 fully saturated rings. The molecule has 4 saturated carbocycles. The summed E-state index contributed by atoms with van der Waals surface area (Å²) in [4.78, 5) is 1.34. The van der Waals surface area contributed by atoms with E-state index >= 15 is 0 Å². The van der Waals surface area contributed by atoms with Crippen LogP contribution in [-0.2, 0) is 5.41 Å². The van der Waals surface area contributed by atoms with Gasteiger partial charge in [0.1, 0.15) is 0 Å². The summed E-state index contributed by atoms with van der Waals surface area (Å²) in [5.74, 6) is 1.65. The van der Waals surface area contributed by atoms with E-state index in [1.54, 1.807) is 11.3 Å². The smallest absolute Gasteiger partial charge is 0.0825 e. The van der Waals surface area contributed by atoms with E-state index in [-0.39, 0.29) is 10.8 Å². The van der Waals surface area contributed by atoms with Crippen LogP contribution < -0.4 is 0 Å². The van der Waals surface area contributed by atoms with Gasteiger partial charge in [0.25, 0.3) is 0 Å². The minimum absolute atomic E-state index is 0.0458. The Hall–Kier alpha value is -1.46. The number of aliphatic hydroxyl groups excluding tert-OH is 3. The molecule has 0 radical (unpaired) electrons. The highest BCUT2D eigenvalue weighted by Crippen LogP contribution is 2.60. The van der Waals surface area contributed by atoms with Gasteiger partial charge in [-0.2, -0.15) is 0 Å². The molecule has 0 spiro atoms. The van der Waals surface area contributed by atoms with E-state index in [0.29, 0.717) is 30.6 Å². The van der Waals surface area contributed by atoms with Crippen molar-refractivity contribution in [3.05, 3.63) is 69.5 Å². The molecule has 36 heavy (non-hydrogen) atoms. The number of aliphatic hydroxyl groups is 3. The maximum Gasteiger partial charge on any atom is 0.0825 e. The molecule has 0 saturated heterocycles. The van der Waals surface area contributed by atoms with Crippen molar-refractivity contribution in [1.82, 2.24) is 0 Å². The number of aryl methyl sites for hydroxylation is 1. The quantitative estimate of drug-likeness (QED) is 0.371. The Morgan fingerprint density at radius 1 is 1.14 bits per heavy atom.